The van der Waals surface area contributed by atoms with Gasteiger partial charge in [0.15, 0.2) is 17.5 Å². The van der Waals surface area contributed by atoms with Crippen LogP contribution in [0.1, 0.15) is 22.5 Å². The number of hydrogen-bond acceptors (Lipinski definition) is 5. The summed E-state index contributed by atoms with van der Waals surface area (Å²) < 4.78 is 113. The molecule has 0 radical (unpaired) electrons. The quantitative estimate of drug-likeness (QED) is 0.135. The van der Waals surface area contributed by atoms with Gasteiger partial charge >= 0.3 is 12.4 Å². The van der Waals surface area contributed by atoms with Gasteiger partial charge in [0, 0.05) is 32.5 Å². The van der Waals surface area contributed by atoms with E-state index in [1.807, 2.05) is 47.9 Å². The molecule has 302 valence electrons. The van der Waals surface area contributed by atoms with E-state index in [0.717, 1.165) is 57.9 Å². The molecule has 0 amide bonds. The number of halogens is 8. The molecule has 6 aromatic carbocycles. The second-order valence-corrected chi connectivity index (χ2v) is 14.8. The summed E-state index contributed by atoms with van der Waals surface area (Å²) >= 11 is 3.46. The fourth-order valence-electron chi connectivity index (χ4n) is 7.08. The number of alkyl halides is 6. The highest BCUT2D eigenvalue weighted by atomic mass is 79.9. The smallest absolute Gasteiger partial charge is 0.411 e. The lowest BCUT2D eigenvalue weighted by molar-refractivity contribution is -0.288. The second-order valence-electron chi connectivity index (χ2n) is 13.9. The van der Waals surface area contributed by atoms with Gasteiger partial charge in [-0.15, -0.1) is 20.4 Å². The van der Waals surface area contributed by atoms with Gasteiger partial charge in [-0.3, -0.25) is 9.13 Å². The molecule has 7 nitrogen and oxygen atoms in total. The summed E-state index contributed by atoms with van der Waals surface area (Å²) in [6.07, 6.45) is -11.5. The van der Waals surface area contributed by atoms with Gasteiger partial charge in [-0.1, -0.05) is 70.0 Å². The molecule has 2 aromatic heterocycles. The van der Waals surface area contributed by atoms with E-state index in [4.69, 9.17) is 4.74 Å². The first-order chi connectivity index (χ1) is 28.6. The van der Waals surface area contributed by atoms with E-state index in [1.165, 1.54) is 36.4 Å². The second kappa shape index (κ2) is 15.5. The molecular weight excluding hydrogens is 853 g/mol. The van der Waals surface area contributed by atoms with Crippen molar-refractivity contribution >= 4 is 15.9 Å². The van der Waals surface area contributed by atoms with Crippen LogP contribution in [0.25, 0.3) is 45.5 Å². The molecule has 8 aromatic rings. The molecule has 8 rings (SSSR count). The maximum absolute atomic E-state index is 14.8. The van der Waals surface area contributed by atoms with Crippen LogP contribution in [0.5, 0.6) is 11.5 Å². The van der Waals surface area contributed by atoms with Crippen LogP contribution in [0.3, 0.4) is 0 Å². The topological polar surface area (TPSA) is 70.7 Å². The molecule has 15 heteroatoms. The zero-order chi connectivity index (χ0) is 42.4. The molecule has 0 aliphatic heterocycles. The predicted octanol–water partition coefficient (Wildman–Crippen LogP) is 12.6. The Morgan fingerprint density at radius 2 is 0.850 bits per heavy atom. The van der Waals surface area contributed by atoms with Gasteiger partial charge in [-0.05, 0) is 122 Å². The molecule has 0 N–H and O–H groups in total. The maximum atomic E-state index is 14.8. The van der Waals surface area contributed by atoms with Gasteiger partial charge < -0.3 is 4.74 Å². The minimum atomic E-state index is -5.75. The van der Waals surface area contributed by atoms with Gasteiger partial charge in [-0.25, -0.2) is 4.39 Å². The average Bonchev–Trinajstić information content (AvgIpc) is 3.83. The van der Waals surface area contributed by atoms with E-state index in [2.05, 4.69) is 36.3 Å². The first-order valence-electron chi connectivity index (χ1n) is 18.2. The van der Waals surface area contributed by atoms with Gasteiger partial charge in [0.2, 0.25) is 5.41 Å². The Morgan fingerprint density at radius 3 is 1.32 bits per heavy atom. The molecule has 0 unspecified atom stereocenters. The first kappa shape index (κ1) is 40.2. The van der Waals surface area contributed by atoms with Crippen molar-refractivity contribution in [3.8, 4) is 57.0 Å². The highest BCUT2D eigenvalue weighted by Gasteiger charge is 2.72. The van der Waals surface area contributed by atoms with Gasteiger partial charge in [0.1, 0.15) is 23.1 Å². The summed E-state index contributed by atoms with van der Waals surface area (Å²) in [5, 5.41) is 17.3. The van der Waals surface area contributed by atoms with Gasteiger partial charge in [0.25, 0.3) is 0 Å². The Labute approximate surface area is 346 Å². The van der Waals surface area contributed by atoms with Gasteiger partial charge in [0.05, 0.1) is 0 Å². The molecule has 0 aliphatic carbocycles. The molecule has 0 aliphatic rings. The molecule has 0 bridgehead atoms. The fraction of sp³-hybridized carbons (Fsp3) is 0.111. The maximum Gasteiger partial charge on any atom is 0.411 e. The van der Waals surface area contributed by atoms with Crippen molar-refractivity contribution in [3.63, 3.8) is 0 Å². The number of hydrogen-bond donors (Lipinski definition) is 0. The van der Waals surface area contributed by atoms with E-state index >= 15 is 0 Å². The highest BCUT2D eigenvalue weighted by Crippen LogP contribution is 2.56. The van der Waals surface area contributed by atoms with Crippen molar-refractivity contribution in [1.29, 1.82) is 0 Å². The summed E-state index contributed by atoms with van der Waals surface area (Å²) in [5.41, 5.74) is -2.98. The van der Waals surface area contributed by atoms with Crippen LogP contribution in [0.2, 0.25) is 0 Å². The number of nitrogens with zero attached hydrogens (tertiary/aromatic N) is 6. The SMILES string of the molecule is Cc1ccc(C(c2ccc(-c3nnc(-c4ccc(Oc5ccc(-c6nnc(C)n6-c6ccc(Br)cc6)cc5)cc4)n3-c3ccc(F)cc3)cc2)(C(F)(F)F)C(F)(F)F)cc1. The molecule has 2 heterocycles. The Hall–Kier alpha value is -6.61. The highest BCUT2D eigenvalue weighted by molar-refractivity contribution is 9.10. The average molecular weight is 884 g/mol. The summed E-state index contributed by atoms with van der Waals surface area (Å²) in [6, 6.07) is 35.3. The van der Waals surface area contributed by atoms with E-state index in [-0.39, 0.29) is 17.2 Å². The van der Waals surface area contributed by atoms with Crippen LogP contribution in [-0.4, -0.2) is 41.9 Å². The zero-order valence-corrected chi connectivity index (χ0v) is 33.1. The van der Waals surface area contributed by atoms with Crippen LogP contribution in [0.4, 0.5) is 30.7 Å². The Morgan fingerprint density at radius 1 is 0.467 bits per heavy atom. The monoisotopic (exact) mass is 882 g/mol. The van der Waals surface area contributed by atoms with E-state index in [0.29, 0.717) is 34.1 Å². The standard InChI is InChI=1S/C45H30BrF7N6O/c1-27-3-11-32(12-4-27)43(44(48,49)50,45(51,52)53)33-13-5-29(6-14-33)41-56-57-42(59(41)37-21-17-35(47)18-22-37)31-9-25-39(26-10-31)60-38-23-7-30(8-24-38)40-55-54-28(2)58(40)36-19-15-34(46)16-20-36/h3-26H,1-2H3. The van der Waals surface area contributed by atoms with Crippen LogP contribution < -0.4 is 4.74 Å². The molecule has 60 heavy (non-hydrogen) atoms. The van der Waals surface area contributed by atoms with E-state index < -0.39 is 34.7 Å². The Kier molecular flexibility index (Phi) is 10.4. The van der Waals surface area contributed by atoms with Crippen molar-refractivity contribution < 1.29 is 35.5 Å². The number of rotatable bonds is 9. The summed E-state index contributed by atoms with van der Waals surface area (Å²) in [4.78, 5) is 0. The van der Waals surface area contributed by atoms with Crippen LogP contribution in [0, 0.1) is 19.7 Å². The Balaban J connectivity index is 1.10. The third-order valence-corrected chi connectivity index (χ3v) is 10.6. The van der Waals surface area contributed by atoms with Gasteiger partial charge in [-0.2, -0.15) is 26.3 Å². The number of aromatic nitrogens is 6. The number of ether oxygens (including phenoxy) is 1. The Bertz CT molecular complexity index is 2750. The van der Waals surface area contributed by atoms with Crippen molar-refractivity contribution in [2.24, 2.45) is 0 Å². The predicted molar refractivity (Wildman–Crippen MR) is 216 cm³/mol. The lowest BCUT2D eigenvalue weighted by Crippen LogP contribution is -2.54. The first-order valence-corrected chi connectivity index (χ1v) is 19.0. The number of aryl methyl sites for hydroxylation is 2. The third-order valence-electron chi connectivity index (χ3n) is 10.0. The molecule has 0 fully saturated rings. The normalized spacial score (nSPS) is 12.2. The summed E-state index contributed by atoms with van der Waals surface area (Å²) in [5.74, 6) is 2.23. The van der Waals surface area contributed by atoms with E-state index in [1.54, 1.807) is 47.9 Å². The largest absolute Gasteiger partial charge is 0.457 e. The summed E-state index contributed by atoms with van der Waals surface area (Å²) in [6.45, 7) is 3.44. The molecule has 0 spiro atoms. The lowest BCUT2D eigenvalue weighted by Gasteiger charge is -2.38. The minimum Gasteiger partial charge on any atom is -0.457 e. The molecule has 0 saturated carbocycles. The lowest BCUT2D eigenvalue weighted by atomic mass is 9.72. The summed E-state index contributed by atoms with van der Waals surface area (Å²) in [7, 11) is 0. The third kappa shape index (κ3) is 7.33. The van der Waals surface area contributed by atoms with Crippen molar-refractivity contribution in [1.82, 2.24) is 29.5 Å². The van der Waals surface area contributed by atoms with Crippen molar-refractivity contribution in [3.05, 3.63) is 178 Å². The van der Waals surface area contributed by atoms with Crippen molar-refractivity contribution in [2.45, 2.75) is 31.6 Å². The van der Waals surface area contributed by atoms with Crippen LogP contribution >= 0.6 is 15.9 Å². The van der Waals surface area contributed by atoms with E-state index in [9.17, 15) is 30.7 Å². The molecular formula is C45H30BrF7N6O. The fourth-order valence-corrected chi connectivity index (χ4v) is 7.34. The zero-order valence-electron chi connectivity index (χ0n) is 31.5. The minimum absolute atomic E-state index is 0.0923. The number of benzene rings is 6. The molecule has 0 saturated heterocycles. The van der Waals surface area contributed by atoms with Crippen LogP contribution in [-0.2, 0) is 5.41 Å². The van der Waals surface area contributed by atoms with Crippen LogP contribution in [0.15, 0.2) is 150 Å². The van der Waals surface area contributed by atoms with Crippen molar-refractivity contribution in [2.75, 3.05) is 0 Å². The molecule has 0 atom stereocenters.